The summed E-state index contributed by atoms with van der Waals surface area (Å²) in [6, 6.07) is 2.32. The van der Waals surface area contributed by atoms with Crippen LogP contribution in [0.15, 0.2) is 22.7 Å². The van der Waals surface area contributed by atoms with Gasteiger partial charge in [-0.25, -0.2) is 8.78 Å². The second kappa shape index (κ2) is 4.42. The number of aromatic hydroxyl groups is 1. The third-order valence-electron chi connectivity index (χ3n) is 1.99. The van der Waals surface area contributed by atoms with Crippen LogP contribution in [-0.4, -0.2) is 22.7 Å². The van der Waals surface area contributed by atoms with E-state index >= 15 is 0 Å². The lowest BCUT2D eigenvalue weighted by Crippen LogP contribution is -2.36. The molecule has 0 aromatic heterocycles. The molecule has 0 fully saturated rings. The molecule has 1 rings (SSSR count). The summed E-state index contributed by atoms with van der Waals surface area (Å²) in [5, 5.41) is 17.8. The van der Waals surface area contributed by atoms with E-state index in [-0.39, 0.29) is 11.3 Å². The Morgan fingerprint density at radius 2 is 2.07 bits per heavy atom. The first-order chi connectivity index (χ1) is 6.88. The fourth-order valence-electron chi connectivity index (χ4n) is 1.10. The molecule has 1 atom stereocenters. The summed E-state index contributed by atoms with van der Waals surface area (Å²) in [5.41, 5.74) is 5.15. The highest BCUT2D eigenvalue weighted by Crippen LogP contribution is 2.35. The number of phenols is 1. The first kappa shape index (κ1) is 12.4. The van der Waals surface area contributed by atoms with Gasteiger partial charge in [0.2, 0.25) is 0 Å². The van der Waals surface area contributed by atoms with Crippen LogP contribution in [0.3, 0.4) is 0 Å². The van der Waals surface area contributed by atoms with E-state index < -0.39 is 18.6 Å². The molecule has 0 unspecified atom stereocenters. The molecule has 0 aliphatic heterocycles. The van der Waals surface area contributed by atoms with Gasteiger partial charge in [-0.2, -0.15) is 0 Å². The topological polar surface area (TPSA) is 66.5 Å². The highest BCUT2D eigenvalue weighted by atomic mass is 79.9. The molecule has 84 valence electrons. The Hall–Kier alpha value is -0.720. The number of rotatable bonds is 3. The van der Waals surface area contributed by atoms with Crippen molar-refractivity contribution in [2.75, 3.05) is 6.61 Å². The van der Waals surface area contributed by atoms with Gasteiger partial charge in [-0.15, -0.1) is 0 Å². The van der Waals surface area contributed by atoms with Crippen molar-refractivity contribution in [2.24, 2.45) is 5.73 Å². The number of alkyl halides is 2. The second-order valence-electron chi connectivity index (χ2n) is 3.10. The molecule has 0 amide bonds. The fourth-order valence-corrected chi connectivity index (χ4v) is 1.48. The third kappa shape index (κ3) is 2.64. The highest BCUT2D eigenvalue weighted by Gasteiger charge is 2.38. The summed E-state index contributed by atoms with van der Waals surface area (Å²) in [6.45, 7) is -1.36. The molecule has 0 radical (unpaired) electrons. The van der Waals surface area contributed by atoms with Crippen LogP contribution in [0.2, 0.25) is 0 Å². The van der Waals surface area contributed by atoms with Crippen LogP contribution in [0.1, 0.15) is 11.6 Å². The molecule has 0 saturated heterocycles. The van der Waals surface area contributed by atoms with E-state index in [0.29, 0.717) is 4.47 Å². The Morgan fingerprint density at radius 3 is 2.60 bits per heavy atom. The number of nitrogens with two attached hydrogens (primary N) is 1. The van der Waals surface area contributed by atoms with Gasteiger partial charge in [-0.05, 0) is 18.2 Å². The van der Waals surface area contributed by atoms with E-state index in [1.165, 1.54) is 18.2 Å². The quantitative estimate of drug-likeness (QED) is 0.791. The van der Waals surface area contributed by atoms with Crippen LogP contribution in [-0.2, 0) is 0 Å². The minimum absolute atomic E-state index is 0.108. The summed E-state index contributed by atoms with van der Waals surface area (Å²) >= 11 is 3.08. The minimum atomic E-state index is -3.46. The third-order valence-corrected chi connectivity index (χ3v) is 2.48. The molecule has 4 N–H and O–H groups in total. The van der Waals surface area contributed by atoms with Gasteiger partial charge in [-0.1, -0.05) is 15.9 Å². The van der Waals surface area contributed by atoms with Crippen LogP contribution >= 0.6 is 15.9 Å². The van der Waals surface area contributed by atoms with Crippen molar-refractivity contribution in [2.45, 2.75) is 12.0 Å². The Kier molecular flexibility index (Phi) is 3.64. The van der Waals surface area contributed by atoms with Crippen LogP contribution in [0.25, 0.3) is 0 Å². The van der Waals surface area contributed by atoms with Gasteiger partial charge in [-0.3, -0.25) is 0 Å². The zero-order chi connectivity index (χ0) is 11.6. The number of halogens is 3. The van der Waals surface area contributed by atoms with E-state index in [2.05, 4.69) is 15.9 Å². The molecule has 1 aromatic rings. The number of aliphatic hydroxyl groups is 1. The minimum Gasteiger partial charge on any atom is -0.508 e. The summed E-state index contributed by atoms with van der Waals surface area (Å²) in [7, 11) is 0. The Morgan fingerprint density at radius 1 is 1.47 bits per heavy atom. The monoisotopic (exact) mass is 281 g/mol. The Bertz CT molecular complexity index is 360. The number of phenolic OH excluding ortho intramolecular Hbond substituents is 1. The molecule has 0 heterocycles. The number of aliphatic hydroxyl groups excluding tert-OH is 1. The SMILES string of the molecule is N[C@@H](c1cc(Br)ccc1O)C(F)(F)CO. The van der Waals surface area contributed by atoms with Crippen molar-refractivity contribution in [3.05, 3.63) is 28.2 Å². The van der Waals surface area contributed by atoms with Crippen molar-refractivity contribution in [3.8, 4) is 5.75 Å². The van der Waals surface area contributed by atoms with Gasteiger partial charge in [0.25, 0.3) is 5.92 Å². The lowest BCUT2D eigenvalue weighted by atomic mass is 10.0. The van der Waals surface area contributed by atoms with E-state index in [0.717, 1.165) is 0 Å². The molecule has 0 aliphatic carbocycles. The van der Waals surface area contributed by atoms with Crippen LogP contribution < -0.4 is 5.73 Å². The predicted molar refractivity (Wildman–Crippen MR) is 54.8 cm³/mol. The van der Waals surface area contributed by atoms with E-state index in [9.17, 15) is 13.9 Å². The second-order valence-corrected chi connectivity index (χ2v) is 4.02. The average Bonchev–Trinajstić information content (AvgIpc) is 2.20. The predicted octanol–water partition coefficient (Wildman–Crippen LogP) is 1.78. The average molecular weight is 282 g/mol. The number of hydrogen-bond acceptors (Lipinski definition) is 3. The molecule has 6 heteroatoms. The van der Waals surface area contributed by atoms with Gasteiger partial charge in [0.1, 0.15) is 18.4 Å². The van der Waals surface area contributed by atoms with Crippen molar-refractivity contribution < 1.29 is 19.0 Å². The summed E-state index contributed by atoms with van der Waals surface area (Å²) in [6.07, 6.45) is 0. The maximum atomic E-state index is 13.0. The Labute approximate surface area is 93.7 Å². The molecule has 15 heavy (non-hydrogen) atoms. The maximum absolute atomic E-state index is 13.0. The molecule has 1 aromatic carbocycles. The number of hydrogen-bond donors (Lipinski definition) is 3. The van der Waals surface area contributed by atoms with Gasteiger partial charge >= 0.3 is 0 Å². The molecular formula is C9H10BrF2NO2. The van der Waals surface area contributed by atoms with Crippen molar-refractivity contribution in [1.29, 1.82) is 0 Å². The largest absolute Gasteiger partial charge is 0.508 e. The van der Waals surface area contributed by atoms with Crippen LogP contribution in [0.4, 0.5) is 8.78 Å². The first-order valence-electron chi connectivity index (χ1n) is 4.11. The van der Waals surface area contributed by atoms with Crippen LogP contribution in [0, 0.1) is 0 Å². The lowest BCUT2D eigenvalue weighted by molar-refractivity contribution is -0.0716. The molecule has 0 spiro atoms. The van der Waals surface area contributed by atoms with Crippen LogP contribution in [0.5, 0.6) is 5.75 Å². The molecule has 0 saturated carbocycles. The standard InChI is InChI=1S/C9H10BrF2NO2/c10-5-1-2-7(15)6(3-5)8(13)9(11,12)4-14/h1-3,8,14-15H,4,13H2/t8-/m0/s1. The van der Waals surface area contributed by atoms with Gasteiger partial charge < -0.3 is 15.9 Å². The van der Waals surface area contributed by atoms with Crippen molar-refractivity contribution in [1.82, 2.24) is 0 Å². The molecule has 0 bridgehead atoms. The molecular weight excluding hydrogens is 272 g/mol. The molecule has 0 aliphatic rings. The van der Waals surface area contributed by atoms with E-state index in [1.807, 2.05) is 0 Å². The number of benzene rings is 1. The normalized spacial score (nSPS) is 13.9. The summed E-state index contributed by atoms with van der Waals surface area (Å²) in [4.78, 5) is 0. The summed E-state index contributed by atoms with van der Waals surface area (Å²) in [5.74, 6) is -3.78. The van der Waals surface area contributed by atoms with Crippen molar-refractivity contribution >= 4 is 15.9 Å². The molecule has 3 nitrogen and oxygen atoms in total. The lowest BCUT2D eigenvalue weighted by Gasteiger charge is -2.22. The van der Waals surface area contributed by atoms with Gasteiger partial charge in [0, 0.05) is 10.0 Å². The van der Waals surface area contributed by atoms with Crippen molar-refractivity contribution in [3.63, 3.8) is 0 Å². The van der Waals surface area contributed by atoms with Gasteiger partial charge in [0.05, 0.1) is 0 Å². The smallest absolute Gasteiger partial charge is 0.289 e. The summed E-state index contributed by atoms with van der Waals surface area (Å²) < 4.78 is 26.6. The fraction of sp³-hybridized carbons (Fsp3) is 0.333. The van der Waals surface area contributed by atoms with E-state index in [1.54, 1.807) is 0 Å². The zero-order valence-corrected chi connectivity index (χ0v) is 9.21. The van der Waals surface area contributed by atoms with Gasteiger partial charge in [0.15, 0.2) is 0 Å². The highest BCUT2D eigenvalue weighted by molar-refractivity contribution is 9.10. The Balaban J connectivity index is 3.10. The maximum Gasteiger partial charge on any atom is 0.289 e. The van der Waals surface area contributed by atoms with E-state index in [4.69, 9.17) is 10.8 Å². The first-order valence-corrected chi connectivity index (χ1v) is 4.90. The zero-order valence-electron chi connectivity index (χ0n) is 7.62.